The average Bonchev–Trinajstić information content (AvgIpc) is 2.05. The number of halogens is 1. The molecule has 0 radical (unpaired) electrons. The molecule has 0 saturated carbocycles. The van der Waals surface area contributed by atoms with E-state index in [1.54, 1.807) is 6.20 Å². The molecule has 0 atom stereocenters. The van der Waals surface area contributed by atoms with Crippen LogP contribution in [0.15, 0.2) is 18.5 Å². The van der Waals surface area contributed by atoms with Gasteiger partial charge in [0, 0.05) is 18.2 Å². The van der Waals surface area contributed by atoms with Crippen molar-refractivity contribution in [2.45, 2.75) is 19.3 Å². The molecule has 1 aromatic rings. The van der Waals surface area contributed by atoms with Crippen molar-refractivity contribution in [2.75, 3.05) is 6.54 Å². The summed E-state index contributed by atoms with van der Waals surface area (Å²) in [6, 6.07) is 1.47. The van der Waals surface area contributed by atoms with Gasteiger partial charge in [-0.05, 0) is 11.6 Å². The Bertz CT molecular complexity index is 271. The second-order valence-electron chi connectivity index (χ2n) is 3.48. The van der Waals surface area contributed by atoms with E-state index in [9.17, 15) is 4.39 Å². The Morgan fingerprint density at radius 2 is 2.17 bits per heavy atom. The lowest BCUT2D eigenvalue weighted by Crippen LogP contribution is -2.28. The van der Waals surface area contributed by atoms with Crippen molar-refractivity contribution in [1.29, 1.82) is 0 Å². The minimum atomic E-state index is -0.311. The van der Waals surface area contributed by atoms with Gasteiger partial charge in [0.05, 0.1) is 6.20 Å². The molecule has 0 saturated heterocycles. The lowest BCUT2D eigenvalue weighted by atomic mass is 9.86. The van der Waals surface area contributed by atoms with Gasteiger partial charge in [-0.2, -0.15) is 0 Å². The van der Waals surface area contributed by atoms with E-state index in [1.807, 2.05) is 13.8 Å². The van der Waals surface area contributed by atoms with Gasteiger partial charge in [0.2, 0.25) is 0 Å². The topological polar surface area (TPSA) is 38.9 Å². The summed E-state index contributed by atoms with van der Waals surface area (Å²) in [5.74, 6) is -0.311. The predicted octanol–water partition coefficient (Wildman–Crippen LogP) is 1.46. The van der Waals surface area contributed by atoms with Crippen molar-refractivity contribution in [3.8, 4) is 0 Å². The fourth-order valence-electron chi connectivity index (χ4n) is 0.900. The van der Waals surface area contributed by atoms with Gasteiger partial charge in [0.15, 0.2) is 0 Å². The fourth-order valence-corrected chi connectivity index (χ4v) is 0.900. The van der Waals surface area contributed by atoms with Crippen molar-refractivity contribution in [3.05, 3.63) is 29.8 Å². The average molecular weight is 168 g/mol. The Hall–Kier alpha value is -0.960. The van der Waals surface area contributed by atoms with Crippen LogP contribution in [0.3, 0.4) is 0 Å². The molecule has 1 aromatic heterocycles. The monoisotopic (exact) mass is 168 g/mol. The Morgan fingerprint density at radius 1 is 1.50 bits per heavy atom. The van der Waals surface area contributed by atoms with Crippen LogP contribution in [0.1, 0.15) is 19.4 Å². The van der Waals surface area contributed by atoms with Gasteiger partial charge in [0.1, 0.15) is 5.82 Å². The van der Waals surface area contributed by atoms with Crippen molar-refractivity contribution in [3.63, 3.8) is 0 Å². The first-order valence-electron chi connectivity index (χ1n) is 3.87. The Balaban J connectivity index is 3.03. The number of hydrogen-bond acceptors (Lipinski definition) is 2. The molecular weight excluding hydrogens is 155 g/mol. The summed E-state index contributed by atoms with van der Waals surface area (Å²) in [4.78, 5) is 3.77. The lowest BCUT2D eigenvalue weighted by Gasteiger charge is -2.22. The first-order chi connectivity index (χ1) is 5.56. The zero-order valence-electron chi connectivity index (χ0n) is 7.34. The van der Waals surface area contributed by atoms with Crippen molar-refractivity contribution >= 4 is 0 Å². The van der Waals surface area contributed by atoms with Gasteiger partial charge in [-0.25, -0.2) is 4.39 Å². The van der Waals surface area contributed by atoms with Crippen molar-refractivity contribution in [2.24, 2.45) is 5.73 Å². The predicted molar refractivity (Wildman–Crippen MR) is 46.3 cm³/mol. The molecule has 66 valence electrons. The number of pyridine rings is 1. The van der Waals surface area contributed by atoms with Gasteiger partial charge >= 0.3 is 0 Å². The van der Waals surface area contributed by atoms with Crippen LogP contribution < -0.4 is 5.73 Å². The van der Waals surface area contributed by atoms with E-state index in [-0.39, 0.29) is 11.2 Å². The summed E-state index contributed by atoms with van der Waals surface area (Å²) in [5, 5.41) is 0. The molecule has 0 amide bonds. The number of nitrogens with two attached hydrogens (primary N) is 1. The molecule has 2 N–H and O–H groups in total. The minimum absolute atomic E-state index is 0.199. The van der Waals surface area contributed by atoms with E-state index in [0.717, 1.165) is 5.56 Å². The molecule has 0 fully saturated rings. The summed E-state index contributed by atoms with van der Waals surface area (Å²) in [5.41, 5.74) is 6.18. The standard InChI is InChI=1S/C9H13FN2/c1-9(2,6-11)7-3-8(10)5-12-4-7/h3-5H,6,11H2,1-2H3. The van der Waals surface area contributed by atoms with Crippen molar-refractivity contribution in [1.82, 2.24) is 4.98 Å². The molecule has 0 spiro atoms. The van der Waals surface area contributed by atoms with E-state index < -0.39 is 0 Å². The smallest absolute Gasteiger partial charge is 0.141 e. The summed E-state index contributed by atoms with van der Waals surface area (Å²) < 4.78 is 12.7. The fraction of sp³-hybridized carbons (Fsp3) is 0.444. The minimum Gasteiger partial charge on any atom is -0.330 e. The van der Waals surface area contributed by atoms with Crippen molar-refractivity contribution < 1.29 is 4.39 Å². The highest BCUT2D eigenvalue weighted by molar-refractivity contribution is 5.20. The molecule has 0 aromatic carbocycles. The van der Waals surface area contributed by atoms with Gasteiger partial charge in [-0.15, -0.1) is 0 Å². The first kappa shape index (κ1) is 9.13. The number of hydrogen-bond donors (Lipinski definition) is 1. The highest BCUT2D eigenvalue weighted by Gasteiger charge is 2.18. The van der Waals surface area contributed by atoms with E-state index in [1.165, 1.54) is 12.3 Å². The van der Waals surface area contributed by atoms with Crippen LogP contribution in [0.4, 0.5) is 4.39 Å². The molecule has 3 heteroatoms. The Labute approximate surface area is 71.6 Å². The second kappa shape index (κ2) is 3.19. The maximum absolute atomic E-state index is 12.7. The molecule has 0 aliphatic heterocycles. The molecule has 0 aliphatic carbocycles. The van der Waals surface area contributed by atoms with Crippen LogP contribution in [0.25, 0.3) is 0 Å². The number of nitrogens with zero attached hydrogens (tertiary/aromatic N) is 1. The third-order valence-corrected chi connectivity index (χ3v) is 2.00. The number of aromatic nitrogens is 1. The third kappa shape index (κ3) is 1.80. The molecular formula is C9H13FN2. The van der Waals surface area contributed by atoms with Gasteiger partial charge in [-0.3, -0.25) is 4.98 Å². The molecule has 0 bridgehead atoms. The third-order valence-electron chi connectivity index (χ3n) is 2.00. The second-order valence-corrected chi connectivity index (χ2v) is 3.48. The molecule has 1 rings (SSSR count). The molecule has 12 heavy (non-hydrogen) atoms. The van der Waals surface area contributed by atoms with Crippen LogP contribution in [-0.4, -0.2) is 11.5 Å². The summed E-state index contributed by atoms with van der Waals surface area (Å²) in [6.45, 7) is 4.41. The maximum atomic E-state index is 12.7. The summed E-state index contributed by atoms with van der Waals surface area (Å²) in [7, 11) is 0. The summed E-state index contributed by atoms with van der Waals surface area (Å²) >= 11 is 0. The van der Waals surface area contributed by atoms with E-state index >= 15 is 0 Å². The first-order valence-corrected chi connectivity index (χ1v) is 3.87. The lowest BCUT2D eigenvalue weighted by molar-refractivity contribution is 0.527. The molecule has 2 nitrogen and oxygen atoms in total. The van der Waals surface area contributed by atoms with Crippen LogP contribution in [0.2, 0.25) is 0 Å². The van der Waals surface area contributed by atoms with Crippen LogP contribution in [-0.2, 0) is 5.41 Å². The number of rotatable bonds is 2. The van der Waals surface area contributed by atoms with E-state index in [0.29, 0.717) is 6.54 Å². The van der Waals surface area contributed by atoms with E-state index in [4.69, 9.17) is 5.73 Å². The zero-order valence-corrected chi connectivity index (χ0v) is 7.34. The molecule has 1 heterocycles. The molecule has 0 aliphatic rings. The van der Waals surface area contributed by atoms with Gasteiger partial charge in [0.25, 0.3) is 0 Å². The highest BCUT2D eigenvalue weighted by Crippen LogP contribution is 2.20. The zero-order chi connectivity index (χ0) is 9.19. The van der Waals surface area contributed by atoms with Crippen LogP contribution >= 0.6 is 0 Å². The van der Waals surface area contributed by atoms with Gasteiger partial charge in [-0.1, -0.05) is 13.8 Å². The van der Waals surface area contributed by atoms with Crippen LogP contribution in [0.5, 0.6) is 0 Å². The quantitative estimate of drug-likeness (QED) is 0.726. The normalized spacial score (nSPS) is 11.7. The SMILES string of the molecule is CC(C)(CN)c1cncc(F)c1. The highest BCUT2D eigenvalue weighted by atomic mass is 19.1. The maximum Gasteiger partial charge on any atom is 0.141 e. The molecule has 0 unspecified atom stereocenters. The summed E-state index contributed by atoms with van der Waals surface area (Å²) in [6.07, 6.45) is 2.84. The largest absolute Gasteiger partial charge is 0.330 e. The van der Waals surface area contributed by atoms with E-state index in [2.05, 4.69) is 4.98 Å². The van der Waals surface area contributed by atoms with Crippen LogP contribution in [0, 0.1) is 5.82 Å². The Morgan fingerprint density at radius 3 is 2.67 bits per heavy atom. The van der Waals surface area contributed by atoms with Gasteiger partial charge < -0.3 is 5.73 Å². The Kier molecular flexibility index (Phi) is 2.43.